The molecule has 0 saturated carbocycles. The van der Waals surface area contributed by atoms with Gasteiger partial charge in [0.05, 0.1) is 6.26 Å². The van der Waals surface area contributed by atoms with Crippen molar-refractivity contribution >= 4 is 0 Å². The maximum Gasteiger partial charge on any atom is 0.146 e. The summed E-state index contributed by atoms with van der Waals surface area (Å²) in [6.45, 7) is 6.54. The summed E-state index contributed by atoms with van der Waals surface area (Å²) in [4.78, 5) is 0. The summed E-state index contributed by atoms with van der Waals surface area (Å²) in [7, 11) is 0. The van der Waals surface area contributed by atoms with Gasteiger partial charge in [0.1, 0.15) is 18.1 Å². The molecule has 1 aromatic heterocycles. The molecule has 0 aliphatic heterocycles. The third-order valence-electron chi connectivity index (χ3n) is 2.97. The number of furan rings is 1. The van der Waals surface area contributed by atoms with E-state index in [0.717, 1.165) is 31.0 Å². The van der Waals surface area contributed by atoms with Crippen LogP contribution >= 0.6 is 0 Å². The highest BCUT2D eigenvalue weighted by Gasteiger charge is 2.06. The first-order valence-electron chi connectivity index (χ1n) is 6.75. The first kappa shape index (κ1) is 13.7. The van der Waals surface area contributed by atoms with Crippen LogP contribution in [0.2, 0.25) is 0 Å². The van der Waals surface area contributed by atoms with Gasteiger partial charge < -0.3 is 14.5 Å². The molecule has 1 N–H and O–H groups in total. The fourth-order valence-electron chi connectivity index (χ4n) is 1.83. The Morgan fingerprint density at radius 2 is 1.95 bits per heavy atom. The summed E-state index contributed by atoms with van der Waals surface area (Å²) in [6, 6.07) is 10.0. The topological polar surface area (TPSA) is 34.4 Å². The van der Waals surface area contributed by atoms with Crippen LogP contribution in [0, 0.1) is 6.92 Å². The second-order valence-electron chi connectivity index (χ2n) is 4.65. The van der Waals surface area contributed by atoms with E-state index in [9.17, 15) is 0 Å². The Morgan fingerprint density at radius 3 is 2.68 bits per heavy atom. The Morgan fingerprint density at radius 1 is 1.16 bits per heavy atom. The van der Waals surface area contributed by atoms with E-state index in [2.05, 4.69) is 19.2 Å². The SMILES string of the molecule is CCCNCc1ccoc1COc1ccc(C)cc1. The quantitative estimate of drug-likeness (QED) is 0.770. The zero-order valence-electron chi connectivity index (χ0n) is 11.6. The highest BCUT2D eigenvalue weighted by molar-refractivity contribution is 5.26. The highest BCUT2D eigenvalue weighted by Crippen LogP contribution is 2.16. The highest BCUT2D eigenvalue weighted by atomic mass is 16.5. The number of ether oxygens (including phenoxy) is 1. The molecule has 1 heterocycles. The van der Waals surface area contributed by atoms with Crippen molar-refractivity contribution in [2.45, 2.75) is 33.4 Å². The minimum absolute atomic E-state index is 0.471. The molecular formula is C16H21NO2. The van der Waals surface area contributed by atoms with E-state index in [1.54, 1.807) is 6.26 Å². The van der Waals surface area contributed by atoms with E-state index < -0.39 is 0 Å². The minimum atomic E-state index is 0.471. The second-order valence-corrected chi connectivity index (χ2v) is 4.65. The lowest BCUT2D eigenvalue weighted by Crippen LogP contribution is -2.14. The van der Waals surface area contributed by atoms with Crippen LogP contribution in [0.4, 0.5) is 0 Å². The lowest BCUT2D eigenvalue weighted by atomic mass is 10.2. The molecule has 0 bridgehead atoms. The molecule has 0 saturated heterocycles. The maximum atomic E-state index is 5.73. The summed E-state index contributed by atoms with van der Waals surface area (Å²) in [6.07, 6.45) is 2.85. The molecule has 0 atom stereocenters. The normalized spacial score (nSPS) is 10.6. The molecule has 0 amide bonds. The standard InChI is InChI=1S/C16H21NO2/c1-3-9-17-11-14-8-10-18-16(14)12-19-15-6-4-13(2)5-7-15/h4-8,10,17H,3,9,11-12H2,1-2H3. The van der Waals surface area contributed by atoms with Crippen LogP contribution in [0.15, 0.2) is 41.0 Å². The van der Waals surface area contributed by atoms with Crippen molar-refractivity contribution in [1.82, 2.24) is 5.32 Å². The average Bonchev–Trinajstić information content (AvgIpc) is 2.86. The van der Waals surface area contributed by atoms with E-state index in [4.69, 9.17) is 9.15 Å². The van der Waals surface area contributed by atoms with Crippen molar-refractivity contribution in [2.75, 3.05) is 6.54 Å². The fourth-order valence-corrected chi connectivity index (χ4v) is 1.83. The van der Waals surface area contributed by atoms with Gasteiger partial charge >= 0.3 is 0 Å². The molecule has 2 aromatic rings. The van der Waals surface area contributed by atoms with Gasteiger partial charge in [-0.3, -0.25) is 0 Å². The molecule has 0 unspecified atom stereocenters. The molecular weight excluding hydrogens is 238 g/mol. The molecule has 2 rings (SSSR count). The molecule has 102 valence electrons. The van der Waals surface area contributed by atoms with Crippen LogP contribution in [-0.4, -0.2) is 6.54 Å². The van der Waals surface area contributed by atoms with Gasteiger partial charge in [0.15, 0.2) is 0 Å². The lowest BCUT2D eigenvalue weighted by Gasteiger charge is -2.07. The fraction of sp³-hybridized carbons (Fsp3) is 0.375. The summed E-state index contributed by atoms with van der Waals surface area (Å²) in [5.41, 5.74) is 2.40. The van der Waals surface area contributed by atoms with E-state index in [1.807, 2.05) is 30.3 Å². The Labute approximate surface area is 114 Å². The number of aryl methyl sites for hydroxylation is 1. The predicted molar refractivity (Wildman–Crippen MR) is 76.2 cm³/mol. The summed E-state index contributed by atoms with van der Waals surface area (Å²) < 4.78 is 11.2. The van der Waals surface area contributed by atoms with Crippen molar-refractivity contribution in [3.8, 4) is 5.75 Å². The minimum Gasteiger partial charge on any atom is -0.486 e. The van der Waals surface area contributed by atoms with Gasteiger partial charge in [0.25, 0.3) is 0 Å². The van der Waals surface area contributed by atoms with E-state index in [1.165, 1.54) is 11.1 Å². The Hall–Kier alpha value is -1.74. The Balaban J connectivity index is 1.88. The van der Waals surface area contributed by atoms with Crippen LogP contribution in [-0.2, 0) is 13.2 Å². The Bertz CT molecular complexity index is 488. The van der Waals surface area contributed by atoms with Crippen LogP contribution < -0.4 is 10.1 Å². The van der Waals surface area contributed by atoms with Gasteiger partial charge in [-0.2, -0.15) is 0 Å². The van der Waals surface area contributed by atoms with Crippen LogP contribution in [0.25, 0.3) is 0 Å². The zero-order valence-corrected chi connectivity index (χ0v) is 11.6. The summed E-state index contributed by atoms with van der Waals surface area (Å²) >= 11 is 0. The number of rotatable bonds is 7. The van der Waals surface area contributed by atoms with Gasteiger partial charge in [-0.1, -0.05) is 24.6 Å². The molecule has 0 fully saturated rings. The number of hydrogen-bond donors (Lipinski definition) is 1. The second kappa shape index (κ2) is 7.00. The first-order chi connectivity index (χ1) is 9.29. The smallest absolute Gasteiger partial charge is 0.146 e. The molecule has 0 radical (unpaired) electrons. The lowest BCUT2D eigenvalue weighted by molar-refractivity contribution is 0.268. The number of nitrogens with one attached hydrogen (secondary N) is 1. The Kier molecular flexibility index (Phi) is 5.04. The van der Waals surface area contributed by atoms with Crippen molar-refractivity contribution < 1.29 is 9.15 Å². The van der Waals surface area contributed by atoms with Gasteiger partial charge in [0, 0.05) is 12.1 Å². The van der Waals surface area contributed by atoms with Gasteiger partial charge in [0.2, 0.25) is 0 Å². The molecule has 3 nitrogen and oxygen atoms in total. The molecule has 0 spiro atoms. The van der Waals surface area contributed by atoms with Crippen molar-refractivity contribution in [1.29, 1.82) is 0 Å². The van der Waals surface area contributed by atoms with Crippen molar-refractivity contribution in [2.24, 2.45) is 0 Å². The number of hydrogen-bond acceptors (Lipinski definition) is 3. The van der Waals surface area contributed by atoms with E-state index >= 15 is 0 Å². The molecule has 1 aromatic carbocycles. The predicted octanol–water partition coefficient (Wildman–Crippen LogP) is 3.67. The van der Waals surface area contributed by atoms with Crippen molar-refractivity contribution in [3.63, 3.8) is 0 Å². The monoisotopic (exact) mass is 259 g/mol. The van der Waals surface area contributed by atoms with E-state index in [-0.39, 0.29) is 0 Å². The van der Waals surface area contributed by atoms with Crippen LogP contribution in [0.1, 0.15) is 30.2 Å². The zero-order chi connectivity index (χ0) is 13.5. The van der Waals surface area contributed by atoms with E-state index in [0.29, 0.717) is 6.61 Å². The van der Waals surface area contributed by atoms with Gasteiger partial charge in [-0.25, -0.2) is 0 Å². The largest absolute Gasteiger partial charge is 0.486 e. The molecule has 0 aliphatic rings. The molecule has 3 heteroatoms. The third-order valence-corrected chi connectivity index (χ3v) is 2.97. The first-order valence-corrected chi connectivity index (χ1v) is 6.75. The maximum absolute atomic E-state index is 5.73. The molecule has 0 aliphatic carbocycles. The summed E-state index contributed by atoms with van der Waals surface area (Å²) in [5.74, 6) is 1.76. The van der Waals surface area contributed by atoms with Gasteiger partial charge in [-0.15, -0.1) is 0 Å². The van der Waals surface area contributed by atoms with Gasteiger partial charge in [-0.05, 0) is 38.1 Å². The third kappa shape index (κ3) is 4.14. The average molecular weight is 259 g/mol. The summed E-state index contributed by atoms with van der Waals surface area (Å²) in [5, 5.41) is 3.37. The molecule has 19 heavy (non-hydrogen) atoms. The van der Waals surface area contributed by atoms with Crippen molar-refractivity contribution in [3.05, 3.63) is 53.5 Å². The van der Waals surface area contributed by atoms with Crippen LogP contribution in [0.5, 0.6) is 5.75 Å². The van der Waals surface area contributed by atoms with Crippen LogP contribution in [0.3, 0.4) is 0 Å². The number of benzene rings is 1.